The normalized spacial score (nSPS) is 15.2. The fourth-order valence-electron chi connectivity index (χ4n) is 2.99. The predicted molar refractivity (Wildman–Crippen MR) is 87.3 cm³/mol. The lowest BCUT2D eigenvalue weighted by atomic mass is 9.96. The first-order chi connectivity index (χ1) is 11.7. The molecule has 0 bridgehead atoms. The van der Waals surface area contributed by atoms with E-state index in [1.165, 1.54) is 0 Å². The van der Waals surface area contributed by atoms with Gasteiger partial charge >= 0.3 is 0 Å². The van der Waals surface area contributed by atoms with Gasteiger partial charge in [0.05, 0.1) is 11.6 Å². The van der Waals surface area contributed by atoms with E-state index in [2.05, 4.69) is 23.1 Å². The summed E-state index contributed by atoms with van der Waals surface area (Å²) in [6, 6.07) is 8.91. The second-order valence-electron chi connectivity index (χ2n) is 6.06. The van der Waals surface area contributed by atoms with Crippen molar-refractivity contribution in [2.24, 2.45) is 0 Å². The van der Waals surface area contributed by atoms with Crippen molar-refractivity contribution in [3.8, 4) is 6.07 Å². The third kappa shape index (κ3) is 3.46. The molecule has 1 aliphatic rings. The summed E-state index contributed by atoms with van der Waals surface area (Å²) >= 11 is 0. The first-order valence-corrected chi connectivity index (χ1v) is 8.33. The molecule has 6 nitrogen and oxygen atoms in total. The van der Waals surface area contributed by atoms with Gasteiger partial charge in [-0.2, -0.15) is 10.2 Å². The zero-order valence-corrected chi connectivity index (χ0v) is 13.7. The van der Waals surface area contributed by atoms with Gasteiger partial charge in [-0.15, -0.1) is 0 Å². The number of nitriles is 1. The van der Waals surface area contributed by atoms with Crippen LogP contribution in [0.1, 0.15) is 59.7 Å². The van der Waals surface area contributed by atoms with Crippen LogP contribution >= 0.6 is 0 Å². The van der Waals surface area contributed by atoms with E-state index >= 15 is 0 Å². The number of rotatable bonds is 4. The fraction of sp³-hybridized carbons (Fsp3) is 0.444. The van der Waals surface area contributed by atoms with E-state index in [-0.39, 0.29) is 11.8 Å². The van der Waals surface area contributed by atoms with Crippen molar-refractivity contribution in [2.75, 3.05) is 13.1 Å². The number of aromatic nitrogens is 2. The van der Waals surface area contributed by atoms with Crippen molar-refractivity contribution in [3.05, 3.63) is 47.1 Å². The van der Waals surface area contributed by atoms with E-state index in [0.29, 0.717) is 30.1 Å². The van der Waals surface area contributed by atoms with Crippen molar-refractivity contribution in [1.82, 2.24) is 15.0 Å². The second kappa shape index (κ2) is 7.26. The molecule has 0 N–H and O–H groups in total. The topological polar surface area (TPSA) is 83.0 Å². The van der Waals surface area contributed by atoms with E-state index in [0.717, 1.165) is 31.5 Å². The largest absolute Gasteiger partial charge is 0.339 e. The molecule has 6 heteroatoms. The maximum Gasteiger partial charge on any atom is 0.253 e. The Hall–Kier alpha value is -2.68. The highest BCUT2D eigenvalue weighted by atomic mass is 16.5. The van der Waals surface area contributed by atoms with Gasteiger partial charge in [0, 0.05) is 31.0 Å². The Morgan fingerprint density at radius 3 is 2.92 bits per heavy atom. The third-order valence-electron chi connectivity index (χ3n) is 4.33. The molecule has 2 heterocycles. The van der Waals surface area contributed by atoms with E-state index in [4.69, 9.17) is 9.78 Å². The number of hydrogen-bond acceptors (Lipinski definition) is 5. The molecule has 1 aromatic carbocycles. The van der Waals surface area contributed by atoms with Crippen LogP contribution in [-0.2, 0) is 6.42 Å². The first-order valence-electron chi connectivity index (χ1n) is 8.33. The number of aryl methyl sites for hydroxylation is 1. The summed E-state index contributed by atoms with van der Waals surface area (Å²) in [5, 5.41) is 13.0. The highest BCUT2D eigenvalue weighted by Crippen LogP contribution is 2.27. The number of benzene rings is 1. The lowest BCUT2D eigenvalue weighted by Gasteiger charge is -2.30. The first kappa shape index (κ1) is 16.2. The van der Waals surface area contributed by atoms with Gasteiger partial charge in [-0.3, -0.25) is 4.79 Å². The molecule has 2 aromatic rings. The molecule has 1 saturated heterocycles. The Bertz CT molecular complexity index is 754. The Labute approximate surface area is 141 Å². The van der Waals surface area contributed by atoms with Crippen molar-refractivity contribution in [3.63, 3.8) is 0 Å². The Morgan fingerprint density at radius 2 is 2.21 bits per heavy atom. The summed E-state index contributed by atoms with van der Waals surface area (Å²) in [6.45, 7) is 3.40. The van der Waals surface area contributed by atoms with Gasteiger partial charge in [0.25, 0.3) is 5.91 Å². The maximum absolute atomic E-state index is 12.6. The van der Waals surface area contributed by atoms with E-state index in [1.54, 1.807) is 24.3 Å². The van der Waals surface area contributed by atoms with Crippen molar-refractivity contribution < 1.29 is 9.32 Å². The number of amides is 1. The summed E-state index contributed by atoms with van der Waals surface area (Å²) in [5.41, 5.74) is 1.07. The molecule has 0 unspecified atom stereocenters. The van der Waals surface area contributed by atoms with Gasteiger partial charge in [0.1, 0.15) is 0 Å². The summed E-state index contributed by atoms with van der Waals surface area (Å²) < 4.78 is 5.37. The van der Waals surface area contributed by atoms with Crippen LogP contribution < -0.4 is 0 Å². The Kier molecular flexibility index (Phi) is 4.90. The monoisotopic (exact) mass is 324 g/mol. The number of nitrogens with zero attached hydrogens (tertiary/aromatic N) is 4. The van der Waals surface area contributed by atoms with Crippen LogP contribution in [0.4, 0.5) is 0 Å². The number of piperidine rings is 1. The van der Waals surface area contributed by atoms with Crippen LogP contribution in [0.15, 0.2) is 28.8 Å². The van der Waals surface area contributed by atoms with Crippen molar-refractivity contribution in [2.45, 2.75) is 38.5 Å². The van der Waals surface area contributed by atoms with Gasteiger partial charge in [0.15, 0.2) is 5.82 Å². The standard InChI is InChI=1S/C18H20N4O2/c1-2-4-16-20-17(24-21-16)14-7-9-22(10-8-14)18(23)15-6-3-5-13(11-15)12-19/h3,5-6,11,14H,2,4,7-10H2,1H3. The number of carbonyl (C=O) groups is 1. The molecule has 124 valence electrons. The van der Waals surface area contributed by atoms with Crippen molar-refractivity contribution >= 4 is 5.91 Å². The average Bonchev–Trinajstić information content (AvgIpc) is 3.10. The lowest BCUT2D eigenvalue weighted by Crippen LogP contribution is -2.38. The molecule has 3 rings (SSSR count). The van der Waals surface area contributed by atoms with E-state index in [9.17, 15) is 4.79 Å². The fourth-order valence-corrected chi connectivity index (χ4v) is 2.99. The quantitative estimate of drug-likeness (QED) is 0.863. The Balaban J connectivity index is 1.61. The highest BCUT2D eigenvalue weighted by Gasteiger charge is 2.28. The van der Waals surface area contributed by atoms with Crippen LogP contribution in [0.5, 0.6) is 0 Å². The predicted octanol–water partition coefficient (Wildman–Crippen LogP) is 2.91. The molecule has 0 aliphatic carbocycles. The number of likely N-dealkylation sites (tertiary alicyclic amines) is 1. The zero-order valence-electron chi connectivity index (χ0n) is 13.7. The molecule has 0 radical (unpaired) electrons. The van der Waals surface area contributed by atoms with Crippen LogP contribution in [0.3, 0.4) is 0 Å². The minimum absolute atomic E-state index is 0.0252. The minimum Gasteiger partial charge on any atom is -0.339 e. The summed E-state index contributed by atoms with van der Waals surface area (Å²) in [6.07, 6.45) is 3.46. The molecule has 1 fully saturated rings. The molecule has 0 atom stereocenters. The molecule has 0 spiro atoms. The Morgan fingerprint density at radius 1 is 1.42 bits per heavy atom. The van der Waals surface area contributed by atoms with Gasteiger partial charge in [-0.25, -0.2) is 0 Å². The average molecular weight is 324 g/mol. The SMILES string of the molecule is CCCc1noc(C2CCN(C(=O)c3cccc(C#N)c3)CC2)n1. The molecule has 1 aromatic heterocycles. The summed E-state index contributed by atoms with van der Waals surface area (Å²) in [5.74, 6) is 1.65. The van der Waals surface area contributed by atoms with Crippen LogP contribution in [0.25, 0.3) is 0 Å². The van der Waals surface area contributed by atoms with E-state index < -0.39 is 0 Å². The number of carbonyl (C=O) groups excluding carboxylic acids is 1. The molecule has 1 aliphatic heterocycles. The van der Waals surface area contributed by atoms with Crippen molar-refractivity contribution in [1.29, 1.82) is 5.26 Å². The minimum atomic E-state index is -0.0252. The van der Waals surface area contributed by atoms with Crippen LogP contribution in [-0.4, -0.2) is 34.0 Å². The van der Waals surface area contributed by atoms with Gasteiger partial charge in [-0.1, -0.05) is 18.1 Å². The third-order valence-corrected chi connectivity index (χ3v) is 4.33. The number of hydrogen-bond donors (Lipinski definition) is 0. The smallest absolute Gasteiger partial charge is 0.253 e. The van der Waals surface area contributed by atoms with Gasteiger partial charge in [-0.05, 0) is 37.5 Å². The molecule has 0 saturated carbocycles. The highest BCUT2D eigenvalue weighted by molar-refractivity contribution is 5.94. The molecule has 1 amide bonds. The maximum atomic E-state index is 12.6. The molecule has 24 heavy (non-hydrogen) atoms. The van der Waals surface area contributed by atoms with Crippen LogP contribution in [0, 0.1) is 11.3 Å². The molecular weight excluding hydrogens is 304 g/mol. The van der Waals surface area contributed by atoms with Gasteiger partial charge < -0.3 is 9.42 Å². The lowest BCUT2D eigenvalue weighted by molar-refractivity contribution is 0.0704. The summed E-state index contributed by atoms with van der Waals surface area (Å²) in [4.78, 5) is 18.9. The molecular formula is C18H20N4O2. The van der Waals surface area contributed by atoms with E-state index in [1.807, 2.05) is 4.90 Å². The van der Waals surface area contributed by atoms with Gasteiger partial charge in [0.2, 0.25) is 5.89 Å². The zero-order chi connectivity index (χ0) is 16.9. The second-order valence-corrected chi connectivity index (χ2v) is 6.06. The van der Waals surface area contributed by atoms with Crippen LogP contribution in [0.2, 0.25) is 0 Å². The summed E-state index contributed by atoms with van der Waals surface area (Å²) in [7, 11) is 0.